The van der Waals surface area contributed by atoms with Gasteiger partial charge in [0.05, 0.1) is 6.54 Å². The normalized spacial score (nSPS) is 15.2. The number of halogens is 3. The Bertz CT molecular complexity index is 520. The topological polar surface area (TPSA) is 3.24 Å². The quantitative estimate of drug-likeness (QED) is 0.797. The number of alkyl halides is 2. The van der Waals surface area contributed by atoms with E-state index < -0.39 is 6.43 Å². The van der Waals surface area contributed by atoms with Crippen LogP contribution in [-0.4, -0.2) is 17.9 Å². The molecule has 1 aliphatic rings. The average molecular weight is 312 g/mol. The highest BCUT2D eigenvalue weighted by atomic mass is 79.9. The molecule has 1 nitrogen and oxygen atoms in total. The number of nitrogens with zero attached hydrogens (tertiary/aromatic N) is 1. The van der Waals surface area contributed by atoms with Crippen LogP contribution in [0.15, 0.2) is 59.2 Å². The van der Waals surface area contributed by atoms with Crippen LogP contribution in [0, 0.1) is 0 Å². The fourth-order valence-electron chi connectivity index (χ4n) is 1.84. The van der Waals surface area contributed by atoms with Gasteiger partial charge in [0.1, 0.15) is 0 Å². The van der Waals surface area contributed by atoms with Gasteiger partial charge >= 0.3 is 0 Å². The lowest BCUT2D eigenvalue weighted by atomic mass is 10.1. The van der Waals surface area contributed by atoms with E-state index in [0.29, 0.717) is 5.70 Å². The first-order valence-electron chi connectivity index (χ1n) is 5.47. The number of hydrogen-bond donors (Lipinski definition) is 0. The molecule has 0 amide bonds. The van der Waals surface area contributed by atoms with E-state index in [4.69, 9.17) is 0 Å². The van der Waals surface area contributed by atoms with Crippen LogP contribution in [0.25, 0.3) is 5.70 Å². The Morgan fingerprint density at radius 2 is 2.00 bits per heavy atom. The van der Waals surface area contributed by atoms with Crippen molar-refractivity contribution in [3.05, 3.63) is 64.8 Å². The first-order chi connectivity index (χ1) is 8.59. The summed E-state index contributed by atoms with van der Waals surface area (Å²) in [6, 6.07) is 7.54. The van der Waals surface area contributed by atoms with Gasteiger partial charge in [-0.15, -0.1) is 0 Å². The van der Waals surface area contributed by atoms with Crippen molar-refractivity contribution < 1.29 is 8.78 Å². The molecule has 1 aromatic rings. The van der Waals surface area contributed by atoms with Crippen LogP contribution in [0.1, 0.15) is 5.56 Å². The molecule has 0 unspecified atom stereocenters. The van der Waals surface area contributed by atoms with Crippen molar-refractivity contribution in [3.8, 4) is 0 Å². The van der Waals surface area contributed by atoms with E-state index >= 15 is 0 Å². The molecule has 0 N–H and O–H groups in total. The van der Waals surface area contributed by atoms with Crippen LogP contribution in [0.4, 0.5) is 8.78 Å². The smallest absolute Gasteiger partial charge is 0.256 e. The van der Waals surface area contributed by atoms with Crippen LogP contribution in [0.3, 0.4) is 0 Å². The maximum atomic E-state index is 12.6. The van der Waals surface area contributed by atoms with Gasteiger partial charge in [0.2, 0.25) is 0 Å². The van der Waals surface area contributed by atoms with Gasteiger partial charge in [-0.05, 0) is 18.2 Å². The molecule has 2 rings (SSSR count). The fourth-order valence-corrected chi connectivity index (χ4v) is 2.33. The van der Waals surface area contributed by atoms with E-state index in [1.165, 1.54) is 4.90 Å². The van der Waals surface area contributed by atoms with E-state index in [2.05, 4.69) is 22.5 Å². The Hall–Kier alpha value is -1.42. The number of allylic oxidation sites excluding steroid dienone is 3. The Balaban J connectivity index is 2.40. The average Bonchev–Trinajstić information content (AvgIpc) is 2.32. The minimum Gasteiger partial charge on any atom is -0.336 e. The second-order valence-corrected chi connectivity index (χ2v) is 4.74. The lowest BCUT2D eigenvalue weighted by Gasteiger charge is -2.30. The summed E-state index contributed by atoms with van der Waals surface area (Å²) in [7, 11) is 0. The van der Waals surface area contributed by atoms with Gasteiger partial charge in [0.25, 0.3) is 6.43 Å². The highest BCUT2D eigenvalue weighted by Gasteiger charge is 2.20. The largest absolute Gasteiger partial charge is 0.336 e. The molecule has 18 heavy (non-hydrogen) atoms. The first-order valence-corrected chi connectivity index (χ1v) is 6.27. The highest BCUT2D eigenvalue weighted by molar-refractivity contribution is 9.10. The van der Waals surface area contributed by atoms with Gasteiger partial charge in [0.15, 0.2) is 0 Å². The van der Waals surface area contributed by atoms with Crippen molar-refractivity contribution in [2.24, 2.45) is 0 Å². The van der Waals surface area contributed by atoms with E-state index in [0.717, 1.165) is 15.7 Å². The number of rotatable bonds is 3. The van der Waals surface area contributed by atoms with E-state index in [1.807, 2.05) is 36.4 Å². The predicted octanol–water partition coefficient (Wildman–Crippen LogP) is 4.44. The molecule has 0 bridgehead atoms. The molecule has 0 radical (unpaired) electrons. The Kier molecular flexibility index (Phi) is 3.97. The third-order valence-corrected chi connectivity index (χ3v) is 3.34. The standard InChI is InChI=1S/C14H12BrF2N/c1-10-5-4-8-13(18(10)9-14(16)17)11-6-2-3-7-12(11)15/h2-8,14H,1,9H2. The summed E-state index contributed by atoms with van der Waals surface area (Å²) in [6.45, 7) is 3.45. The molecular formula is C14H12BrF2N. The van der Waals surface area contributed by atoms with E-state index in [9.17, 15) is 8.78 Å². The molecule has 0 aromatic heterocycles. The molecule has 0 fully saturated rings. The van der Waals surface area contributed by atoms with Gasteiger partial charge in [-0.3, -0.25) is 0 Å². The summed E-state index contributed by atoms with van der Waals surface area (Å²) in [5, 5.41) is 0. The molecule has 94 valence electrons. The van der Waals surface area contributed by atoms with Gasteiger partial charge in [-0.2, -0.15) is 0 Å². The first kappa shape index (κ1) is 13.0. The van der Waals surface area contributed by atoms with Crippen molar-refractivity contribution in [2.75, 3.05) is 6.54 Å². The van der Waals surface area contributed by atoms with Crippen LogP contribution < -0.4 is 0 Å². The maximum absolute atomic E-state index is 12.6. The van der Waals surface area contributed by atoms with Crippen molar-refractivity contribution in [2.45, 2.75) is 6.43 Å². The lowest BCUT2D eigenvalue weighted by Crippen LogP contribution is -2.27. The van der Waals surface area contributed by atoms with Crippen molar-refractivity contribution >= 4 is 21.6 Å². The van der Waals surface area contributed by atoms with E-state index in [1.54, 1.807) is 6.08 Å². The Morgan fingerprint density at radius 3 is 2.67 bits per heavy atom. The molecule has 0 spiro atoms. The summed E-state index contributed by atoms with van der Waals surface area (Å²) >= 11 is 3.44. The zero-order valence-electron chi connectivity index (χ0n) is 9.61. The van der Waals surface area contributed by atoms with E-state index in [-0.39, 0.29) is 6.54 Å². The van der Waals surface area contributed by atoms with Crippen LogP contribution >= 0.6 is 15.9 Å². The predicted molar refractivity (Wildman–Crippen MR) is 73.1 cm³/mol. The van der Waals surface area contributed by atoms with Crippen LogP contribution in [0.5, 0.6) is 0 Å². The Morgan fingerprint density at radius 1 is 1.28 bits per heavy atom. The molecule has 1 aromatic carbocycles. The summed E-state index contributed by atoms with van der Waals surface area (Å²) in [5.74, 6) is 0. The van der Waals surface area contributed by atoms with Gasteiger partial charge in [-0.1, -0.05) is 46.8 Å². The van der Waals surface area contributed by atoms with Crippen molar-refractivity contribution in [1.29, 1.82) is 0 Å². The molecular weight excluding hydrogens is 300 g/mol. The number of benzene rings is 1. The number of hydrogen-bond acceptors (Lipinski definition) is 1. The van der Waals surface area contributed by atoms with Crippen LogP contribution in [0.2, 0.25) is 0 Å². The summed E-state index contributed by atoms with van der Waals surface area (Å²) < 4.78 is 26.1. The zero-order valence-corrected chi connectivity index (χ0v) is 11.2. The third-order valence-electron chi connectivity index (χ3n) is 2.65. The highest BCUT2D eigenvalue weighted by Crippen LogP contribution is 2.31. The molecule has 0 atom stereocenters. The minimum atomic E-state index is -2.40. The third kappa shape index (κ3) is 2.70. The van der Waals surface area contributed by atoms with Crippen LogP contribution in [-0.2, 0) is 0 Å². The van der Waals surface area contributed by atoms with Gasteiger partial charge in [-0.25, -0.2) is 8.78 Å². The summed E-state index contributed by atoms with van der Waals surface area (Å²) in [6.07, 6.45) is 2.96. The van der Waals surface area contributed by atoms with Gasteiger partial charge < -0.3 is 4.90 Å². The van der Waals surface area contributed by atoms with Crippen molar-refractivity contribution in [1.82, 2.24) is 4.90 Å². The minimum absolute atomic E-state index is 0.351. The molecule has 1 aliphatic heterocycles. The summed E-state index contributed by atoms with van der Waals surface area (Å²) in [5.41, 5.74) is 2.18. The monoisotopic (exact) mass is 311 g/mol. The molecule has 0 aliphatic carbocycles. The van der Waals surface area contributed by atoms with Crippen molar-refractivity contribution in [3.63, 3.8) is 0 Å². The lowest BCUT2D eigenvalue weighted by molar-refractivity contribution is 0.123. The zero-order chi connectivity index (χ0) is 13.1. The second-order valence-electron chi connectivity index (χ2n) is 3.88. The SMILES string of the molecule is C=C1C=CC=C(c2ccccc2Br)N1CC(F)F. The molecule has 0 saturated carbocycles. The molecule has 4 heteroatoms. The second kappa shape index (κ2) is 5.48. The fraction of sp³-hybridized carbons (Fsp3) is 0.143. The molecule has 0 saturated heterocycles. The maximum Gasteiger partial charge on any atom is 0.256 e. The van der Waals surface area contributed by atoms with Gasteiger partial charge in [0, 0.05) is 21.4 Å². The summed E-state index contributed by atoms with van der Waals surface area (Å²) in [4.78, 5) is 1.53. The molecule has 1 heterocycles. The Labute approximate surface area is 113 Å².